The number of guanidine groups is 1. The lowest BCUT2D eigenvalue weighted by molar-refractivity contribution is 0.0468. The number of ether oxygens (including phenoxy) is 1. The monoisotopic (exact) mass is 381 g/mol. The molecule has 1 fully saturated rings. The van der Waals surface area contributed by atoms with Crippen LogP contribution in [0.4, 0.5) is 0 Å². The highest BCUT2D eigenvalue weighted by atomic mass is 127. The van der Waals surface area contributed by atoms with Crippen LogP contribution in [0.15, 0.2) is 17.6 Å². The lowest BCUT2D eigenvalue weighted by Crippen LogP contribution is -2.39. The van der Waals surface area contributed by atoms with Crippen molar-refractivity contribution in [3.8, 4) is 0 Å². The third-order valence-electron chi connectivity index (χ3n) is 3.19. The summed E-state index contributed by atoms with van der Waals surface area (Å²) in [4.78, 5) is 4.12. The molecule has 1 rings (SSSR count). The van der Waals surface area contributed by atoms with Gasteiger partial charge in [-0.25, -0.2) is 0 Å². The van der Waals surface area contributed by atoms with Crippen LogP contribution in [0.3, 0.4) is 0 Å². The predicted octanol–water partition coefficient (Wildman–Crippen LogP) is 2.69. The normalized spacial score (nSPS) is 17.2. The summed E-state index contributed by atoms with van der Waals surface area (Å²) in [5, 5.41) is 6.36. The summed E-state index contributed by atoms with van der Waals surface area (Å²) in [6.07, 6.45) is 10.1. The van der Waals surface area contributed by atoms with E-state index in [1.807, 2.05) is 6.08 Å². The lowest BCUT2D eigenvalue weighted by Gasteiger charge is -2.16. The van der Waals surface area contributed by atoms with Gasteiger partial charge in [0.05, 0.1) is 12.7 Å². The number of aliphatic imine (C=N–C) groups is 1. The van der Waals surface area contributed by atoms with Crippen molar-refractivity contribution < 1.29 is 4.74 Å². The van der Waals surface area contributed by atoms with Crippen molar-refractivity contribution in [1.82, 2.24) is 10.6 Å². The second-order valence-electron chi connectivity index (χ2n) is 4.65. The highest BCUT2D eigenvalue weighted by Gasteiger charge is 2.11. The van der Waals surface area contributed by atoms with Gasteiger partial charge in [0.15, 0.2) is 5.96 Å². The fraction of sp³-hybridized carbons (Fsp3) is 0.786. The smallest absolute Gasteiger partial charge is 0.191 e. The van der Waals surface area contributed by atoms with Crippen molar-refractivity contribution in [3.63, 3.8) is 0 Å². The number of hydrogen-bond donors (Lipinski definition) is 2. The van der Waals surface area contributed by atoms with Crippen molar-refractivity contribution in [2.75, 3.05) is 26.7 Å². The highest BCUT2D eigenvalue weighted by molar-refractivity contribution is 14.0. The second kappa shape index (κ2) is 12.7. The van der Waals surface area contributed by atoms with Gasteiger partial charge in [-0.2, -0.15) is 0 Å². The molecule has 2 N–H and O–H groups in total. The summed E-state index contributed by atoms with van der Waals surface area (Å²) < 4.78 is 5.90. The lowest BCUT2D eigenvalue weighted by atomic mass is 10.1. The van der Waals surface area contributed by atoms with Crippen molar-refractivity contribution in [1.29, 1.82) is 0 Å². The van der Waals surface area contributed by atoms with Crippen LogP contribution in [-0.4, -0.2) is 38.8 Å². The van der Waals surface area contributed by atoms with E-state index in [-0.39, 0.29) is 24.0 Å². The van der Waals surface area contributed by atoms with Crippen molar-refractivity contribution >= 4 is 29.9 Å². The molecular formula is C14H28IN3O. The molecule has 0 saturated heterocycles. The van der Waals surface area contributed by atoms with E-state index < -0.39 is 0 Å². The van der Waals surface area contributed by atoms with Crippen molar-refractivity contribution in [2.24, 2.45) is 4.99 Å². The fourth-order valence-corrected chi connectivity index (χ4v) is 2.19. The minimum absolute atomic E-state index is 0. The SMILES string of the molecule is C=CCNC(=NC)NCCOC1CCCCCC1.I. The topological polar surface area (TPSA) is 45.7 Å². The molecule has 1 aliphatic rings. The van der Waals surface area contributed by atoms with Crippen LogP contribution in [-0.2, 0) is 4.74 Å². The molecule has 1 aliphatic carbocycles. The Kier molecular flexibility index (Phi) is 12.5. The highest BCUT2D eigenvalue weighted by Crippen LogP contribution is 2.19. The quantitative estimate of drug-likeness (QED) is 0.186. The van der Waals surface area contributed by atoms with Gasteiger partial charge in [0, 0.05) is 20.1 Å². The van der Waals surface area contributed by atoms with Gasteiger partial charge < -0.3 is 15.4 Å². The van der Waals surface area contributed by atoms with Crippen molar-refractivity contribution in [2.45, 2.75) is 44.6 Å². The average molecular weight is 381 g/mol. The van der Waals surface area contributed by atoms with E-state index in [4.69, 9.17) is 4.74 Å². The van der Waals surface area contributed by atoms with Gasteiger partial charge in [0.1, 0.15) is 0 Å². The summed E-state index contributed by atoms with van der Waals surface area (Å²) in [5.41, 5.74) is 0. The summed E-state index contributed by atoms with van der Waals surface area (Å²) >= 11 is 0. The average Bonchev–Trinajstić information content (AvgIpc) is 2.66. The van der Waals surface area contributed by atoms with Gasteiger partial charge in [-0.3, -0.25) is 4.99 Å². The molecule has 0 bridgehead atoms. The van der Waals surface area contributed by atoms with E-state index >= 15 is 0 Å². The first-order chi connectivity index (χ1) is 8.86. The van der Waals surface area contributed by atoms with Crippen LogP contribution < -0.4 is 10.6 Å². The third kappa shape index (κ3) is 9.27. The maximum absolute atomic E-state index is 5.90. The Morgan fingerprint density at radius 1 is 1.26 bits per heavy atom. The van der Waals surface area contributed by atoms with Crippen LogP contribution in [0.25, 0.3) is 0 Å². The number of rotatable bonds is 6. The first-order valence-electron chi connectivity index (χ1n) is 7.04. The number of halogens is 1. The summed E-state index contributed by atoms with van der Waals surface area (Å²) in [5.74, 6) is 0.805. The van der Waals surface area contributed by atoms with E-state index in [2.05, 4.69) is 22.2 Å². The van der Waals surface area contributed by atoms with Crippen LogP contribution in [0.2, 0.25) is 0 Å². The Hall–Kier alpha value is -0.300. The second-order valence-corrected chi connectivity index (χ2v) is 4.65. The van der Waals surface area contributed by atoms with E-state index in [1.165, 1.54) is 38.5 Å². The van der Waals surface area contributed by atoms with Crippen LogP contribution in [0.1, 0.15) is 38.5 Å². The molecule has 112 valence electrons. The van der Waals surface area contributed by atoms with Gasteiger partial charge in [-0.15, -0.1) is 30.6 Å². The predicted molar refractivity (Wildman–Crippen MR) is 92.4 cm³/mol. The molecule has 0 atom stereocenters. The Morgan fingerprint density at radius 2 is 1.95 bits per heavy atom. The zero-order chi connectivity index (χ0) is 13.1. The van der Waals surface area contributed by atoms with Crippen LogP contribution in [0.5, 0.6) is 0 Å². The van der Waals surface area contributed by atoms with Crippen molar-refractivity contribution in [3.05, 3.63) is 12.7 Å². The van der Waals surface area contributed by atoms with Gasteiger partial charge >= 0.3 is 0 Å². The molecule has 1 saturated carbocycles. The molecule has 5 heteroatoms. The Balaban J connectivity index is 0.00000324. The van der Waals surface area contributed by atoms with Gasteiger partial charge in [-0.1, -0.05) is 31.8 Å². The van der Waals surface area contributed by atoms with E-state index in [0.29, 0.717) is 6.10 Å². The number of hydrogen-bond acceptors (Lipinski definition) is 2. The molecule has 0 aromatic heterocycles. The maximum Gasteiger partial charge on any atom is 0.191 e. The first-order valence-corrected chi connectivity index (χ1v) is 7.04. The number of nitrogens with zero attached hydrogens (tertiary/aromatic N) is 1. The molecule has 0 aromatic carbocycles. The van der Waals surface area contributed by atoms with Gasteiger partial charge in [-0.05, 0) is 12.8 Å². The fourth-order valence-electron chi connectivity index (χ4n) is 2.19. The largest absolute Gasteiger partial charge is 0.376 e. The molecule has 0 spiro atoms. The Labute approximate surface area is 134 Å². The van der Waals surface area contributed by atoms with E-state index in [0.717, 1.165) is 25.7 Å². The molecule has 0 radical (unpaired) electrons. The zero-order valence-corrected chi connectivity index (χ0v) is 14.3. The maximum atomic E-state index is 5.90. The minimum atomic E-state index is 0. The zero-order valence-electron chi connectivity index (χ0n) is 12.0. The molecule has 4 nitrogen and oxygen atoms in total. The van der Waals surface area contributed by atoms with Crippen LogP contribution in [0, 0.1) is 0 Å². The molecule has 0 heterocycles. The van der Waals surface area contributed by atoms with Gasteiger partial charge in [0.25, 0.3) is 0 Å². The number of nitrogens with one attached hydrogen (secondary N) is 2. The first kappa shape index (κ1) is 18.7. The van der Waals surface area contributed by atoms with Crippen LogP contribution >= 0.6 is 24.0 Å². The van der Waals surface area contributed by atoms with E-state index in [1.54, 1.807) is 7.05 Å². The van der Waals surface area contributed by atoms with E-state index in [9.17, 15) is 0 Å². The minimum Gasteiger partial charge on any atom is -0.376 e. The summed E-state index contributed by atoms with van der Waals surface area (Å²) in [6.45, 7) is 5.94. The third-order valence-corrected chi connectivity index (χ3v) is 3.19. The molecule has 0 amide bonds. The Morgan fingerprint density at radius 3 is 2.53 bits per heavy atom. The summed E-state index contributed by atoms with van der Waals surface area (Å²) in [6, 6.07) is 0. The molecular weight excluding hydrogens is 353 g/mol. The molecule has 19 heavy (non-hydrogen) atoms. The molecule has 0 aromatic rings. The molecule has 0 aliphatic heterocycles. The summed E-state index contributed by atoms with van der Waals surface area (Å²) in [7, 11) is 1.77. The standard InChI is InChI=1S/C14H27N3O.HI/c1-3-10-16-14(15-2)17-11-12-18-13-8-6-4-5-7-9-13;/h3,13H,1,4-12H2,2H3,(H2,15,16,17);1H. The Bertz CT molecular complexity index is 251. The molecule has 0 unspecified atom stereocenters. The van der Waals surface area contributed by atoms with Gasteiger partial charge in [0.2, 0.25) is 0 Å².